The van der Waals surface area contributed by atoms with Gasteiger partial charge in [-0.1, -0.05) is 146 Å². The highest BCUT2D eigenvalue weighted by Crippen LogP contribution is 2.28. The Labute approximate surface area is 243 Å². The van der Waals surface area contributed by atoms with E-state index in [0.717, 1.165) is 26.1 Å². The maximum Gasteiger partial charge on any atom is 0.192 e. The standard InChI is InChI=1S/C36H38O2Si2/c1-5-13-29(14-6-1)35(30-15-7-2-8-16-30)25-27-37-39-33-21-23-34(24-22-33)40-38-28-26-36(31-17-9-3-10-18-31)32-19-11-4-12-20-32/h1-24,35-36H,25-28,39-40H2. The molecule has 0 aromatic heterocycles. The zero-order chi connectivity index (χ0) is 27.2. The van der Waals surface area contributed by atoms with E-state index in [0.29, 0.717) is 11.8 Å². The van der Waals surface area contributed by atoms with Gasteiger partial charge in [-0.2, -0.15) is 0 Å². The van der Waals surface area contributed by atoms with Gasteiger partial charge in [0, 0.05) is 25.0 Å². The van der Waals surface area contributed by atoms with Crippen LogP contribution in [0.5, 0.6) is 0 Å². The second kappa shape index (κ2) is 15.3. The van der Waals surface area contributed by atoms with Crippen LogP contribution >= 0.6 is 0 Å². The summed E-state index contributed by atoms with van der Waals surface area (Å²) in [7, 11) is -1.50. The van der Waals surface area contributed by atoms with E-state index in [9.17, 15) is 0 Å². The average molecular weight is 559 g/mol. The molecule has 0 fully saturated rings. The van der Waals surface area contributed by atoms with E-state index >= 15 is 0 Å². The summed E-state index contributed by atoms with van der Waals surface area (Å²) in [4.78, 5) is 0. The monoisotopic (exact) mass is 558 g/mol. The fourth-order valence-electron chi connectivity index (χ4n) is 5.31. The summed E-state index contributed by atoms with van der Waals surface area (Å²) in [5.41, 5.74) is 5.42. The minimum atomic E-state index is -0.749. The van der Waals surface area contributed by atoms with Crippen LogP contribution in [-0.2, 0) is 8.85 Å². The number of hydrogen-bond acceptors (Lipinski definition) is 2. The molecule has 0 aliphatic carbocycles. The lowest BCUT2D eigenvalue weighted by Gasteiger charge is -2.18. The molecule has 40 heavy (non-hydrogen) atoms. The molecule has 0 atom stereocenters. The molecule has 0 saturated heterocycles. The first-order valence-electron chi connectivity index (χ1n) is 14.3. The van der Waals surface area contributed by atoms with Gasteiger partial charge in [0.05, 0.1) is 0 Å². The van der Waals surface area contributed by atoms with Crippen LogP contribution in [0.15, 0.2) is 146 Å². The van der Waals surface area contributed by atoms with Crippen LogP contribution in [0.4, 0.5) is 0 Å². The number of rotatable bonds is 14. The van der Waals surface area contributed by atoms with Crippen LogP contribution < -0.4 is 10.4 Å². The molecule has 0 saturated carbocycles. The summed E-state index contributed by atoms with van der Waals surface area (Å²) in [6, 6.07) is 52.1. The first-order valence-corrected chi connectivity index (χ1v) is 16.9. The van der Waals surface area contributed by atoms with Gasteiger partial charge in [0.2, 0.25) is 0 Å². The van der Waals surface area contributed by atoms with Crippen molar-refractivity contribution >= 4 is 29.9 Å². The first-order chi connectivity index (χ1) is 19.9. The van der Waals surface area contributed by atoms with E-state index in [4.69, 9.17) is 8.85 Å². The maximum absolute atomic E-state index is 6.26. The van der Waals surface area contributed by atoms with Gasteiger partial charge in [-0.15, -0.1) is 0 Å². The van der Waals surface area contributed by atoms with E-state index in [1.54, 1.807) is 0 Å². The normalized spacial score (nSPS) is 11.8. The molecule has 0 unspecified atom stereocenters. The van der Waals surface area contributed by atoms with Crippen LogP contribution in [-0.4, -0.2) is 32.7 Å². The summed E-state index contributed by atoms with van der Waals surface area (Å²) in [5.74, 6) is 0.732. The molecule has 4 heteroatoms. The van der Waals surface area contributed by atoms with Crippen molar-refractivity contribution < 1.29 is 8.85 Å². The quantitative estimate of drug-likeness (QED) is 0.131. The maximum atomic E-state index is 6.26. The molecular weight excluding hydrogens is 521 g/mol. The molecule has 2 nitrogen and oxygen atoms in total. The molecule has 5 aromatic rings. The molecule has 0 radical (unpaired) electrons. The summed E-state index contributed by atoms with van der Waals surface area (Å²) in [6.07, 6.45) is 1.99. The Morgan fingerprint density at radius 2 is 0.650 bits per heavy atom. The smallest absolute Gasteiger partial charge is 0.192 e. The van der Waals surface area contributed by atoms with Crippen molar-refractivity contribution in [2.24, 2.45) is 0 Å². The van der Waals surface area contributed by atoms with Gasteiger partial charge >= 0.3 is 0 Å². The van der Waals surface area contributed by atoms with Crippen molar-refractivity contribution in [3.8, 4) is 0 Å². The molecule has 0 amide bonds. The molecule has 0 aliphatic heterocycles. The average Bonchev–Trinajstić information content (AvgIpc) is 3.03. The zero-order valence-electron chi connectivity index (χ0n) is 23.1. The fraction of sp³-hybridized carbons (Fsp3) is 0.167. The van der Waals surface area contributed by atoms with Gasteiger partial charge < -0.3 is 8.85 Å². The Balaban J connectivity index is 1.07. The van der Waals surface area contributed by atoms with Gasteiger partial charge in [-0.25, -0.2) is 0 Å². The Bertz CT molecular complexity index is 1190. The summed E-state index contributed by atoms with van der Waals surface area (Å²) < 4.78 is 12.5. The first kappa shape index (κ1) is 28.0. The van der Waals surface area contributed by atoms with Crippen LogP contribution in [0.3, 0.4) is 0 Å². The van der Waals surface area contributed by atoms with E-state index in [-0.39, 0.29) is 0 Å². The van der Waals surface area contributed by atoms with Gasteiger partial charge in [0.15, 0.2) is 19.5 Å². The second-order valence-electron chi connectivity index (χ2n) is 10.2. The highest BCUT2D eigenvalue weighted by Gasteiger charge is 2.15. The third-order valence-corrected chi connectivity index (χ3v) is 10.1. The lowest BCUT2D eigenvalue weighted by atomic mass is 9.89. The topological polar surface area (TPSA) is 18.5 Å². The Hall–Kier alpha value is -3.55. The molecule has 0 bridgehead atoms. The van der Waals surface area contributed by atoms with Crippen molar-refractivity contribution in [2.75, 3.05) is 13.2 Å². The summed E-state index contributed by atoms with van der Waals surface area (Å²) in [5, 5.41) is 2.70. The highest BCUT2D eigenvalue weighted by atomic mass is 28.2. The van der Waals surface area contributed by atoms with E-state index in [1.165, 1.54) is 32.6 Å². The molecule has 202 valence electrons. The van der Waals surface area contributed by atoms with E-state index in [2.05, 4.69) is 146 Å². The van der Waals surface area contributed by atoms with Gasteiger partial charge in [0.1, 0.15) is 0 Å². The third-order valence-electron chi connectivity index (χ3n) is 7.47. The molecule has 0 spiro atoms. The Morgan fingerprint density at radius 1 is 0.375 bits per heavy atom. The SMILES string of the molecule is c1ccc(C(CCO[SiH2]c2ccc([SiH2]OCCC(c3ccccc3)c3ccccc3)cc2)c2ccccc2)cc1. The predicted molar refractivity (Wildman–Crippen MR) is 173 cm³/mol. The minimum Gasteiger partial charge on any atom is -0.419 e. The third kappa shape index (κ3) is 8.23. The van der Waals surface area contributed by atoms with Crippen molar-refractivity contribution in [3.05, 3.63) is 168 Å². The highest BCUT2D eigenvalue weighted by molar-refractivity contribution is 6.49. The molecule has 0 aliphatic rings. The lowest BCUT2D eigenvalue weighted by molar-refractivity contribution is 0.325. The van der Waals surface area contributed by atoms with E-state index in [1.807, 2.05) is 0 Å². The number of hydrogen-bond donors (Lipinski definition) is 0. The van der Waals surface area contributed by atoms with Gasteiger partial charge in [-0.3, -0.25) is 0 Å². The van der Waals surface area contributed by atoms with Gasteiger partial charge in [-0.05, 0) is 45.5 Å². The van der Waals surface area contributed by atoms with Crippen LogP contribution in [0.2, 0.25) is 0 Å². The van der Waals surface area contributed by atoms with E-state index < -0.39 is 19.5 Å². The van der Waals surface area contributed by atoms with Crippen molar-refractivity contribution in [1.82, 2.24) is 0 Å². The Morgan fingerprint density at radius 3 is 0.925 bits per heavy atom. The van der Waals surface area contributed by atoms with Crippen molar-refractivity contribution in [3.63, 3.8) is 0 Å². The molecule has 5 rings (SSSR count). The molecule has 0 N–H and O–H groups in total. The molecular formula is C36H38O2Si2. The molecule has 5 aromatic carbocycles. The number of benzene rings is 5. The van der Waals surface area contributed by atoms with Crippen LogP contribution in [0.25, 0.3) is 0 Å². The molecule has 0 heterocycles. The summed E-state index contributed by atoms with van der Waals surface area (Å²) >= 11 is 0. The minimum absolute atomic E-state index is 0.366. The van der Waals surface area contributed by atoms with Crippen LogP contribution in [0, 0.1) is 0 Å². The van der Waals surface area contributed by atoms with Crippen molar-refractivity contribution in [1.29, 1.82) is 0 Å². The fourth-order valence-corrected chi connectivity index (χ4v) is 7.26. The lowest BCUT2D eigenvalue weighted by Crippen LogP contribution is -2.24. The largest absolute Gasteiger partial charge is 0.419 e. The zero-order valence-corrected chi connectivity index (χ0v) is 25.9. The van der Waals surface area contributed by atoms with Gasteiger partial charge in [0.25, 0.3) is 0 Å². The Kier molecular flexibility index (Phi) is 10.7. The van der Waals surface area contributed by atoms with Crippen molar-refractivity contribution in [2.45, 2.75) is 24.7 Å². The van der Waals surface area contributed by atoms with Crippen LogP contribution in [0.1, 0.15) is 46.9 Å². The summed E-state index contributed by atoms with van der Waals surface area (Å²) in [6.45, 7) is 1.56. The predicted octanol–water partition coefficient (Wildman–Crippen LogP) is 5.58. The second-order valence-corrected chi connectivity index (χ2v) is 13.3.